The minimum absolute atomic E-state index is 0.0368. The summed E-state index contributed by atoms with van der Waals surface area (Å²) in [5.41, 5.74) is 7.36. The molecule has 1 aliphatic heterocycles. The summed E-state index contributed by atoms with van der Waals surface area (Å²) in [5, 5.41) is 6.41. The first kappa shape index (κ1) is 13.8. The minimum atomic E-state index is -0.0368. The maximum Gasteiger partial charge on any atom is 0.189 e. The van der Waals surface area contributed by atoms with E-state index in [-0.39, 0.29) is 5.66 Å². The highest BCUT2D eigenvalue weighted by Crippen LogP contribution is 2.35. The van der Waals surface area contributed by atoms with Crippen LogP contribution in [0.1, 0.15) is 43.7 Å². The number of hydrogen-bond donors (Lipinski definition) is 2. The van der Waals surface area contributed by atoms with Crippen molar-refractivity contribution in [3.8, 4) is 0 Å². The van der Waals surface area contributed by atoms with Crippen LogP contribution in [0.4, 0.5) is 5.69 Å². The predicted octanol–water partition coefficient (Wildman–Crippen LogP) is 3.41. The third kappa shape index (κ3) is 2.31. The van der Waals surface area contributed by atoms with Gasteiger partial charge in [0.25, 0.3) is 0 Å². The van der Waals surface area contributed by atoms with E-state index in [1.54, 1.807) is 0 Å². The summed E-state index contributed by atoms with van der Waals surface area (Å²) in [5.74, 6) is 0.741. The third-order valence-electron chi connectivity index (χ3n) is 4.69. The van der Waals surface area contributed by atoms with Crippen molar-refractivity contribution in [2.75, 3.05) is 5.01 Å². The van der Waals surface area contributed by atoms with Crippen LogP contribution in [0.3, 0.4) is 0 Å². The van der Waals surface area contributed by atoms with Gasteiger partial charge in [-0.3, -0.25) is 0 Å². The molecule has 1 saturated carbocycles. The first-order valence-electron chi connectivity index (χ1n) is 7.47. The summed E-state index contributed by atoms with van der Waals surface area (Å²) in [6.07, 6.45) is 4.85. The summed E-state index contributed by atoms with van der Waals surface area (Å²) in [7, 11) is 0. The number of hydrazine groups is 1. The van der Waals surface area contributed by atoms with E-state index in [1.165, 1.54) is 24.0 Å². The van der Waals surface area contributed by atoms with Gasteiger partial charge in [-0.05, 0) is 68.4 Å². The normalized spacial score (nSPS) is 29.9. The van der Waals surface area contributed by atoms with Crippen LogP contribution < -0.4 is 15.8 Å². The van der Waals surface area contributed by atoms with E-state index in [9.17, 15) is 0 Å². The number of thiocarbonyl (C=S) groups is 1. The second-order valence-corrected chi connectivity index (χ2v) is 6.77. The Kier molecular flexibility index (Phi) is 3.46. The van der Waals surface area contributed by atoms with E-state index in [0.29, 0.717) is 0 Å². The summed E-state index contributed by atoms with van der Waals surface area (Å²) in [6.45, 7) is 6.63. The van der Waals surface area contributed by atoms with Gasteiger partial charge >= 0.3 is 0 Å². The van der Waals surface area contributed by atoms with Crippen LogP contribution in [0.5, 0.6) is 0 Å². The van der Waals surface area contributed by atoms with Crippen LogP contribution in [0.2, 0.25) is 0 Å². The van der Waals surface area contributed by atoms with Crippen molar-refractivity contribution in [1.29, 1.82) is 0 Å². The molecule has 20 heavy (non-hydrogen) atoms. The van der Waals surface area contributed by atoms with Gasteiger partial charge in [-0.1, -0.05) is 25.5 Å². The van der Waals surface area contributed by atoms with Crippen LogP contribution >= 0.6 is 12.2 Å². The zero-order valence-corrected chi connectivity index (χ0v) is 13.3. The maximum atomic E-state index is 5.57. The van der Waals surface area contributed by atoms with Crippen LogP contribution in [0, 0.1) is 19.8 Å². The van der Waals surface area contributed by atoms with Gasteiger partial charge in [0, 0.05) is 0 Å². The maximum absolute atomic E-state index is 5.57. The molecule has 1 aromatic carbocycles. The molecule has 0 aromatic heterocycles. The minimum Gasteiger partial charge on any atom is -0.342 e. The monoisotopic (exact) mass is 289 g/mol. The molecule has 1 aliphatic carbocycles. The van der Waals surface area contributed by atoms with Crippen molar-refractivity contribution < 1.29 is 0 Å². The molecule has 2 atom stereocenters. The van der Waals surface area contributed by atoms with E-state index < -0.39 is 0 Å². The first-order chi connectivity index (χ1) is 9.51. The molecule has 3 nitrogen and oxygen atoms in total. The largest absolute Gasteiger partial charge is 0.342 e. The van der Waals surface area contributed by atoms with E-state index in [1.807, 2.05) is 0 Å². The molecule has 1 saturated heterocycles. The molecule has 2 N–H and O–H groups in total. The molecule has 2 fully saturated rings. The lowest BCUT2D eigenvalue weighted by Gasteiger charge is -2.36. The van der Waals surface area contributed by atoms with Gasteiger partial charge in [-0.15, -0.1) is 0 Å². The number of anilines is 1. The van der Waals surface area contributed by atoms with E-state index >= 15 is 0 Å². The Morgan fingerprint density at radius 2 is 2.15 bits per heavy atom. The lowest BCUT2D eigenvalue weighted by Crippen LogP contribution is -2.54. The van der Waals surface area contributed by atoms with Crippen molar-refractivity contribution in [1.82, 2.24) is 10.7 Å². The summed E-state index contributed by atoms with van der Waals surface area (Å²) < 4.78 is 0. The Bertz CT molecular complexity index is 543. The van der Waals surface area contributed by atoms with E-state index in [0.717, 1.165) is 29.6 Å². The highest BCUT2D eigenvalue weighted by molar-refractivity contribution is 7.80. The number of nitrogens with one attached hydrogen (secondary N) is 2. The van der Waals surface area contributed by atoms with Gasteiger partial charge in [0.2, 0.25) is 0 Å². The highest BCUT2D eigenvalue weighted by Gasteiger charge is 2.43. The van der Waals surface area contributed by atoms with Crippen LogP contribution in [-0.2, 0) is 0 Å². The topological polar surface area (TPSA) is 27.3 Å². The summed E-state index contributed by atoms with van der Waals surface area (Å²) in [4.78, 5) is 0. The van der Waals surface area contributed by atoms with Gasteiger partial charge in [0.05, 0.1) is 5.69 Å². The lowest BCUT2D eigenvalue weighted by molar-refractivity contribution is 0.191. The Hall–Kier alpha value is -1.13. The SMILES string of the molecule is Cc1cccc(N2N[C@@]3(CCC[C@@H](C)C3)NC2=S)c1C. The van der Waals surface area contributed by atoms with Crippen LogP contribution in [-0.4, -0.2) is 10.8 Å². The van der Waals surface area contributed by atoms with Crippen LogP contribution in [0.25, 0.3) is 0 Å². The van der Waals surface area contributed by atoms with Gasteiger partial charge in [0.15, 0.2) is 5.11 Å². The van der Waals surface area contributed by atoms with Crippen molar-refractivity contribution in [3.05, 3.63) is 29.3 Å². The molecule has 4 heteroatoms. The Morgan fingerprint density at radius 3 is 2.90 bits per heavy atom. The molecular formula is C16H23N3S. The average Bonchev–Trinajstić information content (AvgIpc) is 2.69. The molecule has 0 radical (unpaired) electrons. The summed E-state index contributed by atoms with van der Waals surface area (Å²) >= 11 is 5.57. The van der Waals surface area contributed by atoms with Crippen LogP contribution in [0.15, 0.2) is 18.2 Å². The standard InChI is InChI=1S/C16H23N3S/c1-11-6-5-9-16(10-11)17-15(20)19(18-16)14-8-4-7-12(2)13(14)3/h4,7-8,11,18H,5-6,9-10H2,1-3H3,(H,17,20)/t11-,16-/m1/s1. The molecule has 1 spiro atoms. The van der Waals surface area contributed by atoms with Crippen molar-refractivity contribution in [2.24, 2.45) is 5.92 Å². The highest BCUT2D eigenvalue weighted by atomic mass is 32.1. The Balaban J connectivity index is 1.89. The first-order valence-corrected chi connectivity index (χ1v) is 7.88. The zero-order chi connectivity index (χ0) is 14.3. The number of rotatable bonds is 1. The quantitative estimate of drug-likeness (QED) is 0.775. The van der Waals surface area contributed by atoms with Gasteiger partial charge < -0.3 is 5.32 Å². The van der Waals surface area contributed by atoms with Crippen molar-refractivity contribution in [3.63, 3.8) is 0 Å². The van der Waals surface area contributed by atoms with Crippen molar-refractivity contribution >= 4 is 23.0 Å². The third-order valence-corrected chi connectivity index (χ3v) is 4.97. The summed E-state index contributed by atoms with van der Waals surface area (Å²) in [6, 6.07) is 6.37. The predicted molar refractivity (Wildman–Crippen MR) is 87.6 cm³/mol. The van der Waals surface area contributed by atoms with E-state index in [2.05, 4.69) is 54.7 Å². The van der Waals surface area contributed by atoms with Gasteiger partial charge in [-0.2, -0.15) is 0 Å². The molecule has 0 bridgehead atoms. The molecule has 0 unspecified atom stereocenters. The van der Waals surface area contributed by atoms with E-state index in [4.69, 9.17) is 12.2 Å². The Morgan fingerprint density at radius 1 is 1.35 bits per heavy atom. The molecular weight excluding hydrogens is 266 g/mol. The van der Waals surface area contributed by atoms with Gasteiger partial charge in [0.1, 0.15) is 5.66 Å². The number of benzene rings is 1. The number of nitrogens with zero attached hydrogens (tertiary/aromatic N) is 1. The fraction of sp³-hybridized carbons (Fsp3) is 0.562. The molecule has 3 rings (SSSR count). The molecule has 108 valence electrons. The van der Waals surface area contributed by atoms with Gasteiger partial charge in [-0.25, -0.2) is 10.4 Å². The lowest BCUT2D eigenvalue weighted by atomic mass is 9.83. The smallest absolute Gasteiger partial charge is 0.189 e. The molecule has 2 aliphatic rings. The second-order valence-electron chi connectivity index (χ2n) is 6.38. The zero-order valence-electron chi connectivity index (χ0n) is 12.5. The Labute approximate surface area is 126 Å². The fourth-order valence-corrected chi connectivity index (χ4v) is 3.81. The molecule has 1 aromatic rings. The second kappa shape index (κ2) is 5.01. The number of aryl methyl sites for hydroxylation is 1. The fourth-order valence-electron chi connectivity index (χ4n) is 3.47. The number of hydrogen-bond acceptors (Lipinski definition) is 2. The van der Waals surface area contributed by atoms with Crippen molar-refractivity contribution in [2.45, 2.75) is 52.1 Å². The molecule has 1 heterocycles. The average molecular weight is 289 g/mol. The molecule has 0 amide bonds.